The van der Waals surface area contributed by atoms with Crippen LogP contribution in [0, 0.1) is 0 Å². The molecule has 0 aromatic heterocycles. The van der Waals surface area contributed by atoms with E-state index >= 15 is 0 Å². The number of carbonyl (C=O) groups excluding carboxylic acids is 3. The minimum Gasteiger partial charge on any atom is -0.465 e. The van der Waals surface area contributed by atoms with Crippen LogP contribution in [0.2, 0.25) is 0 Å². The number of hydrogen-bond donors (Lipinski definition) is 1. The Morgan fingerprint density at radius 2 is 1.67 bits per heavy atom. The van der Waals surface area contributed by atoms with Crippen LogP contribution in [0.5, 0.6) is 0 Å². The van der Waals surface area contributed by atoms with Crippen LogP contribution in [0.1, 0.15) is 20.7 Å². The molecule has 1 aliphatic heterocycles. The normalized spacial score (nSPS) is 12.8. The second kappa shape index (κ2) is 4.86. The Balaban J connectivity index is 1.97. The number of Topliss-reactive ketones (excluding diaryl/α,β-unsaturated/α-hetero) is 1. The van der Waals surface area contributed by atoms with Gasteiger partial charge in [-0.2, -0.15) is 0 Å². The van der Waals surface area contributed by atoms with Gasteiger partial charge in [-0.1, -0.05) is 18.2 Å². The maximum atomic E-state index is 11.7. The molecule has 1 N–H and O–H groups in total. The summed E-state index contributed by atoms with van der Waals surface area (Å²) in [7, 11) is 1.33. The lowest BCUT2D eigenvalue weighted by Crippen LogP contribution is -2.12. The number of fused-ring (bicyclic) bond motifs is 1. The van der Waals surface area contributed by atoms with Crippen LogP contribution in [-0.4, -0.2) is 24.8 Å². The van der Waals surface area contributed by atoms with Crippen molar-refractivity contribution in [1.29, 1.82) is 0 Å². The van der Waals surface area contributed by atoms with E-state index in [1.807, 2.05) is 6.07 Å². The molecule has 0 atom stereocenters. The molecule has 0 radical (unpaired) electrons. The number of hydrogen-bond acceptors (Lipinski definition) is 4. The van der Waals surface area contributed by atoms with E-state index in [-0.39, 0.29) is 0 Å². The van der Waals surface area contributed by atoms with E-state index in [0.717, 1.165) is 11.1 Å². The van der Waals surface area contributed by atoms with E-state index in [1.54, 1.807) is 36.4 Å². The highest BCUT2D eigenvalue weighted by Gasteiger charge is 2.27. The zero-order chi connectivity index (χ0) is 15.0. The molecule has 0 unspecified atom stereocenters. The molecule has 0 bridgehead atoms. The molecule has 1 aliphatic rings. The molecule has 1 heterocycles. The summed E-state index contributed by atoms with van der Waals surface area (Å²) in [6.45, 7) is 0. The summed E-state index contributed by atoms with van der Waals surface area (Å²) in [6.07, 6.45) is 0. The first-order valence-corrected chi connectivity index (χ1v) is 6.28. The number of esters is 1. The summed E-state index contributed by atoms with van der Waals surface area (Å²) in [4.78, 5) is 34.4. The molecule has 0 spiro atoms. The standard InChI is InChI=1S/C16H11NO4/c1-21-16(20)10-4-2-9(3-5-10)11-6-7-13-12(8-11)14(18)15(19)17-13/h2-8H,1H3,(H,17,18,19). The van der Waals surface area contributed by atoms with Crippen molar-refractivity contribution in [2.45, 2.75) is 0 Å². The van der Waals surface area contributed by atoms with E-state index < -0.39 is 17.7 Å². The molecule has 104 valence electrons. The van der Waals surface area contributed by atoms with E-state index in [9.17, 15) is 14.4 Å². The number of nitrogens with one attached hydrogen (secondary N) is 1. The van der Waals surface area contributed by atoms with E-state index in [0.29, 0.717) is 16.8 Å². The van der Waals surface area contributed by atoms with Gasteiger partial charge >= 0.3 is 5.97 Å². The number of ketones is 1. The lowest BCUT2D eigenvalue weighted by Gasteiger charge is -2.05. The predicted octanol–water partition coefficient (Wildman–Crippen LogP) is 2.28. The second-order valence-corrected chi connectivity index (χ2v) is 4.61. The largest absolute Gasteiger partial charge is 0.465 e. The Labute approximate surface area is 120 Å². The topological polar surface area (TPSA) is 72.5 Å². The lowest BCUT2D eigenvalue weighted by atomic mass is 10.0. The van der Waals surface area contributed by atoms with Crippen molar-refractivity contribution < 1.29 is 19.1 Å². The monoisotopic (exact) mass is 281 g/mol. The molecular formula is C16H11NO4. The molecule has 2 aromatic carbocycles. The van der Waals surface area contributed by atoms with Crippen LogP contribution in [0.15, 0.2) is 42.5 Å². The Morgan fingerprint density at radius 3 is 2.33 bits per heavy atom. The number of methoxy groups -OCH3 is 1. The summed E-state index contributed by atoms with van der Waals surface area (Å²) in [6, 6.07) is 12.0. The lowest BCUT2D eigenvalue weighted by molar-refractivity contribution is -0.112. The van der Waals surface area contributed by atoms with E-state index in [4.69, 9.17) is 0 Å². The van der Waals surface area contributed by atoms with Crippen LogP contribution in [0.3, 0.4) is 0 Å². The zero-order valence-corrected chi connectivity index (χ0v) is 11.2. The van der Waals surface area contributed by atoms with Crippen molar-refractivity contribution in [2.24, 2.45) is 0 Å². The van der Waals surface area contributed by atoms with Gasteiger partial charge in [-0.05, 0) is 35.4 Å². The number of ether oxygens (including phenoxy) is 1. The molecule has 5 nitrogen and oxygen atoms in total. The number of benzene rings is 2. The maximum absolute atomic E-state index is 11.7. The van der Waals surface area contributed by atoms with Gasteiger partial charge in [0.1, 0.15) is 0 Å². The van der Waals surface area contributed by atoms with Crippen LogP contribution >= 0.6 is 0 Å². The number of amides is 1. The van der Waals surface area contributed by atoms with Gasteiger partial charge in [0.25, 0.3) is 11.7 Å². The second-order valence-electron chi connectivity index (χ2n) is 4.61. The molecule has 2 aromatic rings. The zero-order valence-electron chi connectivity index (χ0n) is 11.2. The van der Waals surface area contributed by atoms with Gasteiger partial charge in [0.2, 0.25) is 0 Å². The Hall–Kier alpha value is -2.95. The van der Waals surface area contributed by atoms with Crippen molar-refractivity contribution in [2.75, 3.05) is 12.4 Å². The number of carbonyl (C=O) groups is 3. The van der Waals surface area contributed by atoms with Gasteiger partial charge in [-0.15, -0.1) is 0 Å². The Bertz CT molecular complexity index is 762. The predicted molar refractivity (Wildman–Crippen MR) is 76.2 cm³/mol. The molecule has 1 amide bonds. The van der Waals surface area contributed by atoms with Gasteiger partial charge in [0.15, 0.2) is 0 Å². The van der Waals surface area contributed by atoms with Crippen molar-refractivity contribution in [1.82, 2.24) is 0 Å². The molecule has 3 rings (SSSR count). The highest BCUT2D eigenvalue weighted by Crippen LogP contribution is 2.29. The third-order valence-corrected chi connectivity index (χ3v) is 3.36. The van der Waals surface area contributed by atoms with Gasteiger partial charge in [0, 0.05) is 0 Å². The first kappa shape index (κ1) is 13.1. The van der Waals surface area contributed by atoms with Crippen LogP contribution in [0.25, 0.3) is 11.1 Å². The summed E-state index contributed by atoms with van der Waals surface area (Å²) < 4.78 is 4.64. The first-order chi connectivity index (χ1) is 10.1. The smallest absolute Gasteiger partial charge is 0.337 e. The van der Waals surface area contributed by atoms with Crippen molar-refractivity contribution in [3.05, 3.63) is 53.6 Å². The fraction of sp³-hybridized carbons (Fsp3) is 0.0625. The molecule has 0 saturated heterocycles. The number of anilines is 1. The van der Waals surface area contributed by atoms with Crippen LogP contribution in [0.4, 0.5) is 5.69 Å². The average molecular weight is 281 g/mol. The Kier molecular flexibility index (Phi) is 3.02. The molecule has 0 saturated carbocycles. The van der Waals surface area contributed by atoms with Gasteiger partial charge in [-0.25, -0.2) is 4.79 Å². The minimum absolute atomic E-state index is 0.370. The third-order valence-electron chi connectivity index (χ3n) is 3.36. The number of rotatable bonds is 2. The van der Waals surface area contributed by atoms with Crippen molar-refractivity contribution in [3.63, 3.8) is 0 Å². The summed E-state index contributed by atoms with van der Waals surface area (Å²) in [5, 5.41) is 2.51. The summed E-state index contributed by atoms with van der Waals surface area (Å²) >= 11 is 0. The third kappa shape index (κ3) is 2.18. The van der Waals surface area contributed by atoms with Crippen LogP contribution < -0.4 is 5.32 Å². The summed E-state index contributed by atoms with van der Waals surface area (Å²) in [5.41, 5.74) is 3.00. The van der Waals surface area contributed by atoms with E-state index in [1.165, 1.54) is 7.11 Å². The molecule has 0 fully saturated rings. The fourth-order valence-corrected chi connectivity index (χ4v) is 2.24. The first-order valence-electron chi connectivity index (χ1n) is 6.28. The molecule has 21 heavy (non-hydrogen) atoms. The SMILES string of the molecule is COC(=O)c1ccc(-c2ccc3c(c2)C(=O)C(=O)N3)cc1. The highest BCUT2D eigenvalue weighted by molar-refractivity contribution is 6.51. The quantitative estimate of drug-likeness (QED) is 0.677. The molecular weight excluding hydrogens is 270 g/mol. The highest BCUT2D eigenvalue weighted by atomic mass is 16.5. The van der Waals surface area contributed by atoms with E-state index in [2.05, 4.69) is 10.1 Å². The maximum Gasteiger partial charge on any atom is 0.337 e. The Morgan fingerprint density at radius 1 is 1.00 bits per heavy atom. The van der Waals surface area contributed by atoms with Gasteiger partial charge < -0.3 is 10.1 Å². The minimum atomic E-state index is -0.608. The molecule has 0 aliphatic carbocycles. The molecule has 5 heteroatoms. The van der Waals surface area contributed by atoms with Crippen LogP contribution in [-0.2, 0) is 9.53 Å². The fourth-order valence-electron chi connectivity index (χ4n) is 2.24. The van der Waals surface area contributed by atoms with Gasteiger partial charge in [-0.3, -0.25) is 9.59 Å². The van der Waals surface area contributed by atoms with Crippen molar-refractivity contribution in [3.8, 4) is 11.1 Å². The van der Waals surface area contributed by atoms with Gasteiger partial charge in [0.05, 0.1) is 23.9 Å². The van der Waals surface area contributed by atoms with Crippen molar-refractivity contribution >= 4 is 23.3 Å². The average Bonchev–Trinajstić information content (AvgIpc) is 2.81. The summed E-state index contributed by atoms with van der Waals surface area (Å²) in [5.74, 6) is -1.54.